The fourth-order valence-electron chi connectivity index (χ4n) is 2.33. The monoisotopic (exact) mass is 254 g/mol. The van der Waals surface area contributed by atoms with Crippen LogP contribution in [0.1, 0.15) is 26.2 Å². The maximum absolute atomic E-state index is 12.2. The molecule has 1 saturated heterocycles. The highest BCUT2D eigenvalue weighted by Crippen LogP contribution is 2.25. The highest BCUT2D eigenvalue weighted by molar-refractivity contribution is 5.78. The summed E-state index contributed by atoms with van der Waals surface area (Å²) in [5, 5.41) is 9.03. The molecule has 0 radical (unpaired) electrons. The largest absolute Gasteiger partial charge is 0.481 e. The zero-order chi connectivity index (χ0) is 13.7. The Bertz CT molecular complexity index is 330. The standard InChI is InChI=1S/C13H22N2O3/c1-4-5-6-8-14(3)13(18)15-9-7-11(10(15)2)12(16)17/h4,10-11H,1,5-9H2,2-3H3,(H,16,17). The number of unbranched alkanes of at least 4 members (excludes halogenated alkanes) is 1. The Morgan fingerprint density at radius 2 is 2.22 bits per heavy atom. The van der Waals surface area contributed by atoms with Crippen LogP contribution in [0.15, 0.2) is 12.7 Å². The van der Waals surface area contributed by atoms with E-state index in [0.717, 1.165) is 12.8 Å². The Kier molecular flexibility index (Phi) is 5.19. The lowest BCUT2D eigenvalue weighted by Gasteiger charge is -2.28. The first-order chi connectivity index (χ1) is 8.49. The quantitative estimate of drug-likeness (QED) is 0.601. The molecule has 2 amide bonds. The fraction of sp³-hybridized carbons (Fsp3) is 0.692. The summed E-state index contributed by atoms with van der Waals surface area (Å²) in [6.45, 7) is 6.65. The number of urea groups is 1. The number of allylic oxidation sites excluding steroid dienone is 1. The van der Waals surface area contributed by atoms with E-state index in [2.05, 4.69) is 6.58 Å². The molecule has 0 aromatic rings. The van der Waals surface area contributed by atoms with E-state index in [-0.39, 0.29) is 12.1 Å². The number of carbonyl (C=O) groups excluding carboxylic acids is 1. The van der Waals surface area contributed by atoms with Gasteiger partial charge in [-0.3, -0.25) is 4.79 Å². The molecule has 2 atom stereocenters. The molecule has 1 aliphatic heterocycles. The smallest absolute Gasteiger partial charge is 0.320 e. The molecule has 5 heteroatoms. The van der Waals surface area contributed by atoms with Crippen LogP contribution in [-0.2, 0) is 4.79 Å². The lowest BCUT2D eigenvalue weighted by Crippen LogP contribution is -2.44. The summed E-state index contributed by atoms with van der Waals surface area (Å²) in [4.78, 5) is 26.5. The maximum Gasteiger partial charge on any atom is 0.320 e. The Morgan fingerprint density at radius 3 is 2.72 bits per heavy atom. The van der Waals surface area contributed by atoms with E-state index in [1.54, 1.807) is 23.8 Å². The van der Waals surface area contributed by atoms with Gasteiger partial charge in [-0.2, -0.15) is 0 Å². The molecule has 0 bridgehead atoms. The minimum absolute atomic E-state index is 0.0738. The number of amides is 2. The van der Waals surface area contributed by atoms with Crippen LogP contribution in [0.3, 0.4) is 0 Å². The van der Waals surface area contributed by atoms with Crippen molar-refractivity contribution in [3.8, 4) is 0 Å². The third-order valence-corrected chi connectivity index (χ3v) is 3.55. The predicted octanol–water partition coefficient (Wildman–Crippen LogP) is 1.80. The van der Waals surface area contributed by atoms with Crippen LogP contribution < -0.4 is 0 Å². The molecule has 5 nitrogen and oxygen atoms in total. The molecule has 0 aliphatic carbocycles. The molecule has 1 aliphatic rings. The number of carbonyl (C=O) groups is 2. The van der Waals surface area contributed by atoms with Crippen LogP contribution in [0.5, 0.6) is 0 Å². The molecule has 0 saturated carbocycles. The van der Waals surface area contributed by atoms with Gasteiger partial charge in [0.1, 0.15) is 0 Å². The van der Waals surface area contributed by atoms with Gasteiger partial charge in [0.15, 0.2) is 0 Å². The van der Waals surface area contributed by atoms with E-state index in [4.69, 9.17) is 5.11 Å². The van der Waals surface area contributed by atoms with Gasteiger partial charge < -0.3 is 14.9 Å². The predicted molar refractivity (Wildman–Crippen MR) is 69.4 cm³/mol. The summed E-state index contributed by atoms with van der Waals surface area (Å²) in [5.74, 6) is -1.25. The van der Waals surface area contributed by atoms with Crippen molar-refractivity contribution in [2.24, 2.45) is 5.92 Å². The van der Waals surface area contributed by atoms with Gasteiger partial charge in [0.25, 0.3) is 0 Å². The van der Waals surface area contributed by atoms with Gasteiger partial charge in [0.05, 0.1) is 5.92 Å². The summed E-state index contributed by atoms with van der Waals surface area (Å²) in [5.41, 5.74) is 0. The van der Waals surface area contributed by atoms with Gasteiger partial charge in [-0.1, -0.05) is 6.08 Å². The van der Waals surface area contributed by atoms with Crippen molar-refractivity contribution in [1.82, 2.24) is 9.80 Å². The van der Waals surface area contributed by atoms with Crippen LogP contribution in [0.4, 0.5) is 4.79 Å². The van der Waals surface area contributed by atoms with Crippen LogP contribution in [-0.4, -0.2) is 53.1 Å². The molecular weight excluding hydrogens is 232 g/mol. The van der Waals surface area contributed by atoms with E-state index in [9.17, 15) is 9.59 Å². The zero-order valence-corrected chi connectivity index (χ0v) is 11.1. The zero-order valence-electron chi connectivity index (χ0n) is 11.1. The molecule has 1 N–H and O–H groups in total. The third kappa shape index (κ3) is 3.24. The van der Waals surface area contributed by atoms with Gasteiger partial charge in [0.2, 0.25) is 0 Å². The first kappa shape index (κ1) is 14.5. The number of nitrogens with zero attached hydrogens (tertiary/aromatic N) is 2. The first-order valence-electron chi connectivity index (χ1n) is 6.34. The van der Waals surface area contributed by atoms with E-state index in [1.165, 1.54) is 0 Å². The first-order valence-corrected chi connectivity index (χ1v) is 6.34. The Hall–Kier alpha value is -1.52. The summed E-state index contributed by atoms with van der Waals surface area (Å²) in [6.07, 6.45) is 4.14. The Labute approximate surface area is 108 Å². The second kappa shape index (κ2) is 6.42. The second-order valence-electron chi connectivity index (χ2n) is 4.80. The van der Waals surface area contributed by atoms with Gasteiger partial charge in [-0.05, 0) is 26.2 Å². The number of carboxylic acids is 1. The summed E-state index contributed by atoms with van der Waals surface area (Å²) >= 11 is 0. The average molecular weight is 254 g/mol. The molecule has 1 rings (SSSR count). The Morgan fingerprint density at radius 1 is 1.56 bits per heavy atom. The van der Waals surface area contributed by atoms with E-state index >= 15 is 0 Å². The molecule has 1 fully saturated rings. The van der Waals surface area contributed by atoms with Crippen molar-refractivity contribution in [1.29, 1.82) is 0 Å². The van der Waals surface area contributed by atoms with E-state index in [1.807, 2.05) is 6.08 Å². The number of aliphatic carboxylic acids is 1. The lowest BCUT2D eigenvalue weighted by molar-refractivity contribution is -0.142. The highest BCUT2D eigenvalue weighted by Gasteiger charge is 2.38. The summed E-state index contributed by atoms with van der Waals surface area (Å²) in [7, 11) is 1.76. The topological polar surface area (TPSA) is 60.9 Å². The fourth-order valence-corrected chi connectivity index (χ4v) is 2.33. The van der Waals surface area contributed by atoms with Gasteiger partial charge >= 0.3 is 12.0 Å². The normalized spacial score (nSPS) is 22.9. The molecule has 0 aromatic carbocycles. The van der Waals surface area contributed by atoms with Crippen LogP contribution in [0, 0.1) is 5.92 Å². The van der Waals surface area contributed by atoms with E-state index < -0.39 is 11.9 Å². The summed E-state index contributed by atoms with van der Waals surface area (Å²) < 4.78 is 0. The van der Waals surface area contributed by atoms with Crippen molar-refractivity contribution in [2.75, 3.05) is 20.1 Å². The third-order valence-electron chi connectivity index (χ3n) is 3.55. The minimum atomic E-state index is -0.813. The van der Waals surface area contributed by atoms with Crippen LogP contribution in [0.2, 0.25) is 0 Å². The number of rotatable bonds is 5. The van der Waals surface area contributed by atoms with Crippen molar-refractivity contribution in [3.05, 3.63) is 12.7 Å². The van der Waals surface area contributed by atoms with E-state index in [0.29, 0.717) is 19.5 Å². The van der Waals surface area contributed by atoms with Crippen molar-refractivity contribution >= 4 is 12.0 Å². The molecule has 0 aromatic heterocycles. The number of likely N-dealkylation sites (tertiary alicyclic amines) is 1. The SMILES string of the molecule is C=CCCCN(C)C(=O)N1CCC(C(=O)O)C1C. The summed E-state index contributed by atoms with van der Waals surface area (Å²) in [6, 6.07) is -0.299. The second-order valence-corrected chi connectivity index (χ2v) is 4.80. The van der Waals surface area contributed by atoms with Crippen LogP contribution >= 0.6 is 0 Å². The molecule has 0 spiro atoms. The molecule has 2 unspecified atom stereocenters. The molecule has 102 valence electrons. The number of hydrogen-bond donors (Lipinski definition) is 1. The average Bonchev–Trinajstić information content (AvgIpc) is 2.70. The number of hydrogen-bond acceptors (Lipinski definition) is 2. The van der Waals surface area contributed by atoms with Crippen molar-refractivity contribution < 1.29 is 14.7 Å². The Balaban J connectivity index is 2.52. The van der Waals surface area contributed by atoms with Gasteiger partial charge in [0, 0.05) is 26.2 Å². The lowest BCUT2D eigenvalue weighted by atomic mass is 10.0. The minimum Gasteiger partial charge on any atom is -0.481 e. The van der Waals surface area contributed by atoms with Gasteiger partial charge in [-0.15, -0.1) is 6.58 Å². The highest BCUT2D eigenvalue weighted by atomic mass is 16.4. The number of carboxylic acid groups (broad SMARTS) is 1. The van der Waals surface area contributed by atoms with Crippen LogP contribution in [0.25, 0.3) is 0 Å². The van der Waals surface area contributed by atoms with Crippen molar-refractivity contribution in [2.45, 2.75) is 32.2 Å². The molecular formula is C13H22N2O3. The molecule has 1 heterocycles. The molecule has 18 heavy (non-hydrogen) atoms. The maximum atomic E-state index is 12.2. The van der Waals surface area contributed by atoms with Crippen molar-refractivity contribution in [3.63, 3.8) is 0 Å². The van der Waals surface area contributed by atoms with Gasteiger partial charge in [-0.25, -0.2) is 4.79 Å².